The fraction of sp³-hybridized carbons (Fsp3) is 0.538. The van der Waals surface area contributed by atoms with Gasteiger partial charge in [-0.1, -0.05) is 6.07 Å². The molecule has 1 nitrogen and oxygen atoms in total. The summed E-state index contributed by atoms with van der Waals surface area (Å²) in [5.41, 5.74) is 2.66. The third kappa shape index (κ3) is 1.49. The molecular weight excluding hydrogens is 221 g/mol. The molecule has 86 valence electrons. The van der Waals surface area contributed by atoms with E-state index in [0.29, 0.717) is 0 Å². The third-order valence-electron chi connectivity index (χ3n) is 3.47. The van der Waals surface area contributed by atoms with E-state index in [2.05, 4.69) is 19.2 Å². The van der Waals surface area contributed by atoms with E-state index in [0.717, 1.165) is 18.6 Å². The van der Waals surface area contributed by atoms with Crippen LogP contribution in [0, 0.1) is 5.82 Å². The second-order valence-electron chi connectivity index (χ2n) is 5.43. The number of hydrogen-bond donors (Lipinski definition) is 1. The van der Waals surface area contributed by atoms with Crippen LogP contribution in [0.4, 0.5) is 4.39 Å². The molecule has 0 amide bonds. The molecule has 1 aliphatic carbocycles. The van der Waals surface area contributed by atoms with Crippen molar-refractivity contribution in [1.29, 1.82) is 0 Å². The molecule has 1 aliphatic heterocycles. The van der Waals surface area contributed by atoms with Gasteiger partial charge < -0.3 is 0 Å². The van der Waals surface area contributed by atoms with Crippen molar-refractivity contribution in [2.75, 3.05) is 5.75 Å². The summed E-state index contributed by atoms with van der Waals surface area (Å²) in [5, 5.41) is 3.72. The van der Waals surface area contributed by atoms with E-state index in [9.17, 15) is 4.39 Å². The van der Waals surface area contributed by atoms with E-state index in [1.807, 2.05) is 17.8 Å². The lowest BCUT2D eigenvalue weighted by Crippen LogP contribution is -2.44. The van der Waals surface area contributed by atoms with Gasteiger partial charge in [-0.2, -0.15) is 0 Å². The lowest BCUT2D eigenvalue weighted by molar-refractivity contribution is 0.368. The Morgan fingerprint density at radius 3 is 2.88 bits per heavy atom. The maximum absolute atomic E-state index is 13.2. The predicted octanol–water partition coefficient (Wildman–Crippen LogP) is 3.04. The largest absolute Gasteiger partial charge is 0.293 e. The second kappa shape index (κ2) is 3.23. The predicted molar refractivity (Wildman–Crippen MR) is 66.1 cm³/mol. The molecule has 1 saturated heterocycles. The molecule has 3 heteroatoms. The molecular formula is C13H16FNS. The number of halogens is 1. The van der Waals surface area contributed by atoms with E-state index in [1.54, 1.807) is 12.1 Å². The van der Waals surface area contributed by atoms with Gasteiger partial charge in [0, 0.05) is 11.3 Å². The van der Waals surface area contributed by atoms with E-state index in [-0.39, 0.29) is 16.2 Å². The van der Waals surface area contributed by atoms with Crippen molar-refractivity contribution < 1.29 is 4.39 Å². The van der Waals surface area contributed by atoms with Crippen LogP contribution >= 0.6 is 11.8 Å². The Hall–Kier alpha value is -0.540. The standard InChI is InChI=1S/C13H16FNS/c1-12(2)8-16-13(15-12)6-5-9-7-10(14)3-4-11(9)13/h3-4,7,15H,5-6,8H2,1-2H3. The van der Waals surface area contributed by atoms with E-state index >= 15 is 0 Å². The molecule has 0 saturated carbocycles. The average Bonchev–Trinajstić information content (AvgIpc) is 2.69. The van der Waals surface area contributed by atoms with Gasteiger partial charge in [0.15, 0.2) is 0 Å². The molecule has 0 bridgehead atoms. The van der Waals surface area contributed by atoms with Gasteiger partial charge in [-0.25, -0.2) is 4.39 Å². The number of benzene rings is 1. The topological polar surface area (TPSA) is 12.0 Å². The highest BCUT2D eigenvalue weighted by atomic mass is 32.2. The Bertz CT molecular complexity index is 444. The molecule has 1 heterocycles. The molecule has 16 heavy (non-hydrogen) atoms. The van der Waals surface area contributed by atoms with Crippen LogP contribution < -0.4 is 5.32 Å². The minimum Gasteiger partial charge on any atom is -0.293 e. The Balaban J connectivity index is 2.03. The minimum absolute atomic E-state index is 0.0481. The molecule has 1 N–H and O–H groups in total. The number of fused-ring (bicyclic) bond motifs is 2. The fourth-order valence-electron chi connectivity index (χ4n) is 2.81. The van der Waals surface area contributed by atoms with Gasteiger partial charge in [-0.05, 0) is 49.9 Å². The van der Waals surface area contributed by atoms with Gasteiger partial charge >= 0.3 is 0 Å². The maximum atomic E-state index is 13.2. The van der Waals surface area contributed by atoms with Crippen molar-refractivity contribution in [3.63, 3.8) is 0 Å². The Morgan fingerprint density at radius 1 is 1.38 bits per heavy atom. The van der Waals surface area contributed by atoms with Crippen LogP contribution in [0.2, 0.25) is 0 Å². The molecule has 1 fully saturated rings. The van der Waals surface area contributed by atoms with Gasteiger partial charge in [-0.15, -0.1) is 11.8 Å². The summed E-state index contributed by atoms with van der Waals surface area (Å²) < 4.78 is 13.2. The molecule has 0 radical (unpaired) electrons. The average molecular weight is 237 g/mol. The first-order chi connectivity index (χ1) is 7.51. The summed E-state index contributed by atoms with van der Waals surface area (Å²) in [6, 6.07) is 5.23. The zero-order valence-corrected chi connectivity index (χ0v) is 10.5. The normalized spacial score (nSPS) is 30.9. The second-order valence-corrected chi connectivity index (χ2v) is 6.70. The maximum Gasteiger partial charge on any atom is 0.123 e. The summed E-state index contributed by atoms with van der Waals surface area (Å²) in [6.07, 6.45) is 2.07. The minimum atomic E-state index is -0.113. The summed E-state index contributed by atoms with van der Waals surface area (Å²) >= 11 is 1.97. The van der Waals surface area contributed by atoms with Crippen LogP contribution in [-0.4, -0.2) is 11.3 Å². The highest BCUT2D eigenvalue weighted by Gasteiger charge is 2.47. The van der Waals surface area contributed by atoms with Crippen LogP contribution in [0.5, 0.6) is 0 Å². The van der Waals surface area contributed by atoms with E-state index < -0.39 is 0 Å². The van der Waals surface area contributed by atoms with Crippen LogP contribution in [0.25, 0.3) is 0 Å². The Kier molecular flexibility index (Phi) is 2.14. The summed E-state index contributed by atoms with van der Waals surface area (Å²) in [7, 11) is 0. The first-order valence-corrected chi connectivity index (χ1v) is 6.72. The zero-order valence-electron chi connectivity index (χ0n) is 9.64. The van der Waals surface area contributed by atoms with Gasteiger partial charge in [0.05, 0.1) is 4.87 Å². The molecule has 1 atom stereocenters. The van der Waals surface area contributed by atoms with Crippen LogP contribution in [0.3, 0.4) is 0 Å². The summed E-state index contributed by atoms with van der Waals surface area (Å²) in [5.74, 6) is 1.00. The molecule has 2 aliphatic rings. The van der Waals surface area contributed by atoms with Crippen LogP contribution in [0.1, 0.15) is 31.4 Å². The fourth-order valence-corrected chi connectivity index (χ4v) is 4.44. The van der Waals surface area contributed by atoms with Gasteiger partial charge in [-0.3, -0.25) is 5.32 Å². The van der Waals surface area contributed by atoms with Crippen molar-refractivity contribution >= 4 is 11.8 Å². The number of nitrogens with one attached hydrogen (secondary N) is 1. The number of aryl methyl sites for hydroxylation is 1. The SMILES string of the molecule is CC1(C)CSC2(CCc3cc(F)ccc32)N1. The van der Waals surface area contributed by atoms with Gasteiger partial charge in [0.25, 0.3) is 0 Å². The number of rotatable bonds is 0. The van der Waals surface area contributed by atoms with Crippen molar-refractivity contribution in [2.45, 2.75) is 37.1 Å². The first kappa shape index (κ1) is 10.6. The Morgan fingerprint density at radius 2 is 2.19 bits per heavy atom. The summed E-state index contributed by atoms with van der Waals surface area (Å²) in [4.78, 5) is 0.0481. The van der Waals surface area contributed by atoms with Crippen molar-refractivity contribution in [3.05, 3.63) is 35.1 Å². The van der Waals surface area contributed by atoms with Gasteiger partial charge in [0.2, 0.25) is 0 Å². The molecule has 3 rings (SSSR count). The van der Waals surface area contributed by atoms with Crippen molar-refractivity contribution in [2.24, 2.45) is 0 Å². The smallest absolute Gasteiger partial charge is 0.123 e. The van der Waals surface area contributed by atoms with Crippen LogP contribution in [0.15, 0.2) is 18.2 Å². The zero-order chi connectivity index (χ0) is 11.4. The molecule has 1 unspecified atom stereocenters. The van der Waals surface area contributed by atoms with Gasteiger partial charge in [0.1, 0.15) is 5.82 Å². The quantitative estimate of drug-likeness (QED) is 0.744. The molecule has 0 aromatic heterocycles. The highest BCUT2D eigenvalue weighted by molar-refractivity contribution is 8.00. The lowest BCUT2D eigenvalue weighted by atomic mass is 10.0. The third-order valence-corrected chi connectivity index (χ3v) is 5.35. The molecule has 1 spiro atoms. The Labute approximate surface area is 99.8 Å². The lowest BCUT2D eigenvalue weighted by Gasteiger charge is -2.28. The van der Waals surface area contributed by atoms with Crippen molar-refractivity contribution in [3.8, 4) is 0 Å². The number of hydrogen-bond acceptors (Lipinski definition) is 2. The van der Waals surface area contributed by atoms with E-state index in [4.69, 9.17) is 0 Å². The summed E-state index contributed by atoms with van der Waals surface area (Å²) in [6.45, 7) is 4.46. The highest BCUT2D eigenvalue weighted by Crippen LogP contribution is 2.51. The van der Waals surface area contributed by atoms with E-state index in [1.165, 1.54) is 11.1 Å². The molecule has 1 aromatic rings. The monoisotopic (exact) mass is 237 g/mol. The molecule has 1 aromatic carbocycles. The van der Waals surface area contributed by atoms with Crippen molar-refractivity contribution in [1.82, 2.24) is 5.32 Å². The number of thioether (sulfide) groups is 1. The van der Waals surface area contributed by atoms with Crippen LogP contribution in [-0.2, 0) is 11.3 Å². The first-order valence-electron chi connectivity index (χ1n) is 5.73.